The minimum Gasteiger partial charge on any atom is -0.455 e. The predicted octanol–water partition coefficient (Wildman–Crippen LogP) is 6.02. The van der Waals surface area contributed by atoms with Crippen molar-refractivity contribution < 1.29 is 4.42 Å². The maximum atomic E-state index is 6.37. The molecule has 0 atom stereocenters. The average Bonchev–Trinajstić information content (AvgIpc) is 3.36. The number of fused-ring (bicyclic) bond motifs is 10. The lowest BCUT2D eigenvalue weighted by Crippen LogP contribution is -1.95. The summed E-state index contributed by atoms with van der Waals surface area (Å²) in [4.78, 5) is 13.5. The van der Waals surface area contributed by atoms with Gasteiger partial charge in [-0.25, -0.2) is 0 Å². The minimum absolute atomic E-state index is 0.847. The van der Waals surface area contributed by atoms with Gasteiger partial charge in [0, 0.05) is 46.3 Å². The fraction of sp³-hybridized carbons (Fsp3) is 0. The highest BCUT2D eigenvalue weighted by Crippen LogP contribution is 2.44. The van der Waals surface area contributed by atoms with Crippen LogP contribution in [0, 0.1) is 0 Å². The molecule has 0 aliphatic heterocycles. The first kappa shape index (κ1) is 15.6. The number of nitrogens with zero attached hydrogens (tertiary/aromatic N) is 4. The van der Waals surface area contributed by atoms with Crippen molar-refractivity contribution in [2.75, 3.05) is 0 Å². The van der Waals surface area contributed by atoms with E-state index < -0.39 is 0 Å². The molecule has 5 heteroatoms. The van der Waals surface area contributed by atoms with E-state index in [4.69, 9.17) is 9.40 Å². The predicted molar refractivity (Wildman–Crippen MR) is 119 cm³/mol. The molecule has 0 saturated heterocycles. The van der Waals surface area contributed by atoms with Crippen molar-refractivity contribution >= 4 is 54.6 Å². The maximum absolute atomic E-state index is 6.37. The number of furan rings is 1. The molecule has 0 radical (unpaired) electrons. The maximum Gasteiger partial charge on any atom is 0.146 e. The van der Waals surface area contributed by atoms with Gasteiger partial charge in [0.05, 0.1) is 33.8 Å². The van der Waals surface area contributed by atoms with E-state index in [1.54, 1.807) is 6.20 Å². The molecule has 0 aliphatic rings. The Bertz CT molecular complexity index is 1750. The van der Waals surface area contributed by atoms with Crippen molar-refractivity contribution in [2.45, 2.75) is 0 Å². The van der Waals surface area contributed by atoms with E-state index in [0.717, 1.165) is 60.3 Å². The molecule has 0 saturated carbocycles. The zero-order chi connectivity index (χ0) is 19.7. The van der Waals surface area contributed by atoms with Crippen molar-refractivity contribution in [3.63, 3.8) is 0 Å². The molecule has 5 heterocycles. The van der Waals surface area contributed by atoms with Crippen molar-refractivity contribution in [3.8, 4) is 5.69 Å². The Balaban J connectivity index is 1.91. The first-order valence-corrected chi connectivity index (χ1v) is 9.78. The van der Waals surface area contributed by atoms with E-state index in [1.807, 2.05) is 61.2 Å². The van der Waals surface area contributed by atoms with Gasteiger partial charge in [-0.1, -0.05) is 18.2 Å². The van der Waals surface area contributed by atoms with E-state index in [2.05, 4.69) is 32.7 Å². The molecule has 2 aromatic carbocycles. The second-order valence-electron chi connectivity index (χ2n) is 7.36. The molecular weight excluding hydrogens is 372 g/mol. The van der Waals surface area contributed by atoms with Crippen LogP contribution in [-0.2, 0) is 0 Å². The third-order valence-electron chi connectivity index (χ3n) is 5.80. The molecular formula is C25H14N4O. The van der Waals surface area contributed by atoms with E-state index >= 15 is 0 Å². The minimum atomic E-state index is 0.847. The lowest BCUT2D eigenvalue weighted by atomic mass is 10.0. The molecule has 0 fully saturated rings. The third kappa shape index (κ3) is 1.89. The summed E-state index contributed by atoms with van der Waals surface area (Å²) >= 11 is 0. The summed E-state index contributed by atoms with van der Waals surface area (Å²) < 4.78 is 8.62. The highest BCUT2D eigenvalue weighted by Gasteiger charge is 2.23. The Morgan fingerprint density at radius 1 is 0.700 bits per heavy atom. The van der Waals surface area contributed by atoms with Gasteiger partial charge in [0.15, 0.2) is 0 Å². The molecule has 0 N–H and O–H groups in total. The SMILES string of the molecule is c1cncc(-n2c3cccnc3c3c4ccncc4c4oc5ccccc5c4c32)c1. The van der Waals surface area contributed by atoms with Crippen LogP contribution in [0.1, 0.15) is 0 Å². The van der Waals surface area contributed by atoms with Crippen molar-refractivity contribution in [2.24, 2.45) is 0 Å². The van der Waals surface area contributed by atoms with Crippen molar-refractivity contribution in [1.29, 1.82) is 0 Å². The Morgan fingerprint density at radius 2 is 1.60 bits per heavy atom. The van der Waals surface area contributed by atoms with E-state index in [0.29, 0.717) is 0 Å². The third-order valence-corrected chi connectivity index (χ3v) is 5.80. The van der Waals surface area contributed by atoms with Crippen LogP contribution >= 0.6 is 0 Å². The molecule has 5 nitrogen and oxygen atoms in total. The summed E-state index contributed by atoms with van der Waals surface area (Å²) in [7, 11) is 0. The molecule has 140 valence electrons. The van der Waals surface area contributed by atoms with E-state index in [9.17, 15) is 0 Å². The number of pyridine rings is 3. The monoisotopic (exact) mass is 386 g/mol. The topological polar surface area (TPSA) is 56.7 Å². The van der Waals surface area contributed by atoms with Gasteiger partial charge in [0.25, 0.3) is 0 Å². The van der Waals surface area contributed by atoms with Gasteiger partial charge in [-0.15, -0.1) is 0 Å². The van der Waals surface area contributed by atoms with Gasteiger partial charge in [-0.2, -0.15) is 0 Å². The molecule has 7 aromatic rings. The van der Waals surface area contributed by atoms with Gasteiger partial charge in [0.2, 0.25) is 0 Å². The highest BCUT2D eigenvalue weighted by molar-refractivity contribution is 6.34. The molecule has 0 aliphatic carbocycles. The van der Waals surface area contributed by atoms with Crippen LogP contribution in [-0.4, -0.2) is 19.5 Å². The summed E-state index contributed by atoms with van der Waals surface area (Å²) in [6, 6.07) is 18.3. The second kappa shape index (κ2) is 5.64. The van der Waals surface area contributed by atoms with Gasteiger partial charge in [-0.3, -0.25) is 15.0 Å². The number of para-hydroxylation sites is 1. The summed E-state index contributed by atoms with van der Waals surface area (Å²) in [6.07, 6.45) is 9.23. The first-order valence-electron chi connectivity index (χ1n) is 9.78. The van der Waals surface area contributed by atoms with Crippen molar-refractivity contribution in [3.05, 3.63) is 85.6 Å². The fourth-order valence-electron chi connectivity index (χ4n) is 4.62. The smallest absolute Gasteiger partial charge is 0.146 e. The molecule has 5 aromatic heterocycles. The number of benzene rings is 2. The standard InChI is InChI=1S/C25H14N4O/c1-2-8-20-17(6-1)22-24-21(16-9-12-27-14-18(16)25(22)30-20)23-19(7-4-11-28-23)29(24)15-5-3-10-26-13-15/h1-14H. The normalized spacial score (nSPS) is 12.0. The number of hydrogen-bond donors (Lipinski definition) is 0. The molecule has 0 bridgehead atoms. The summed E-state index contributed by atoms with van der Waals surface area (Å²) in [5, 5.41) is 5.33. The zero-order valence-corrected chi connectivity index (χ0v) is 15.8. The number of rotatable bonds is 1. The van der Waals surface area contributed by atoms with Crippen LogP contribution in [0.5, 0.6) is 0 Å². The lowest BCUT2D eigenvalue weighted by Gasteiger charge is -2.08. The van der Waals surface area contributed by atoms with Crippen LogP contribution in [0.3, 0.4) is 0 Å². The second-order valence-corrected chi connectivity index (χ2v) is 7.36. The Hall–Kier alpha value is -4.25. The Morgan fingerprint density at radius 3 is 2.53 bits per heavy atom. The summed E-state index contributed by atoms with van der Waals surface area (Å²) in [6.45, 7) is 0. The van der Waals surface area contributed by atoms with Gasteiger partial charge >= 0.3 is 0 Å². The quantitative estimate of drug-likeness (QED) is 0.346. The number of hydrogen-bond acceptors (Lipinski definition) is 4. The van der Waals surface area contributed by atoms with Crippen LogP contribution in [0.4, 0.5) is 0 Å². The molecule has 30 heavy (non-hydrogen) atoms. The van der Waals surface area contributed by atoms with E-state index in [1.165, 1.54) is 0 Å². The van der Waals surface area contributed by atoms with Crippen LogP contribution in [0.2, 0.25) is 0 Å². The lowest BCUT2D eigenvalue weighted by molar-refractivity contribution is 0.672. The molecule has 7 rings (SSSR count). The first-order chi connectivity index (χ1) is 14.9. The molecule has 0 unspecified atom stereocenters. The van der Waals surface area contributed by atoms with Gasteiger partial charge in [0.1, 0.15) is 11.2 Å². The summed E-state index contributed by atoms with van der Waals surface area (Å²) in [5.74, 6) is 0. The van der Waals surface area contributed by atoms with Crippen LogP contribution < -0.4 is 0 Å². The van der Waals surface area contributed by atoms with Crippen LogP contribution in [0.25, 0.3) is 60.3 Å². The number of aromatic nitrogens is 4. The van der Waals surface area contributed by atoms with E-state index in [-0.39, 0.29) is 0 Å². The molecule has 0 spiro atoms. The highest BCUT2D eigenvalue weighted by atomic mass is 16.3. The van der Waals surface area contributed by atoms with Gasteiger partial charge < -0.3 is 8.98 Å². The average molecular weight is 386 g/mol. The van der Waals surface area contributed by atoms with Crippen LogP contribution in [0.15, 0.2) is 90.0 Å². The fourth-order valence-corrected chi connectivity index (χ4v) is 4.62. The Kier molecular flexibility index (Phi) is 2.94. The summed E-state index contributed by atoms with van der Waals surface area (Å²) in [5.41, 5.74) is 5.78. The zero-order valence-electron chi connectivity index (χ0n) is 15.8. The molecule has 0 amide bonds. The largest absolute Gasteiger partial charge is 0.455 e. The van der Waals surface area contributed by atoms with Crippen molar-refractivity contribution in [1.82, 2.24) is 19.5 Å². The van der Waals surface area contributed by atoms with Gasteiger partial charge in [-0.05, 0) is 36.4 Å². The Labute approximate surface area is 170 Å².